The maximum Gasteiger partial charge on any atom is 0.129 e. The van der Waals surface area contributed by atoms with E-state index in [2.05, 4.69) is 21.8 Å². The van der Waals surface area contributed by atoms with E-state index < -0.39 is 0 Å². The predicted octanol–water partition coefficient (Wildman–Crippen LogP) is 4.98. The zero-order valence-electron chi connectivity index (χ0n) is 11.6. The van der Waals surface area contributed by atoms with E-state index in [0.717, 1.165) is 34.1 Å². The van der Waals surface area contributed by atoms with Gasteiger partial charge in [-0.05, 0) is 43.3 Å². The summed E-state index contributed by atoms with van der Waals surface area (Å²) in [5.41, 5.74) is 3.01. The standard InChI is InChI=1S/C16H15Cl2N3/c1-2-21-15-7-6-12(18)9-14(15)20-16(21)10-19-13-5-3-4-11(17)8-13/h3-9,19H,2,10H2,1H3. The highest BCUT2D eigenvalue weighted by Crippen LogP contribution is 2.22. The van der Waals surface area contributed by atoms with E-state index in [9.17, 15) is 0 Å². The van der Waals surface area contributed by atoms with Gasteiger partial charge in [0.15, 0.2) is 0 Å². The molecule has 1 heterocycles. The molecule has 0 unspecified atom stereocenters. The van der Waals surface area contributed by atoms with Crippen LogP contribution >= 0.6 is 23.2 Å². The lowest BCUT2D eigenvalue weighted by molar-refractivity contribution is 0.729. The third-order valence-corrected chi connectivity index (χ3v) is 3.85. The van der Waals surface area contributed by atoms with Crippen molar-refractivity contribution in [3.63, 3.8) is 0 Å². The molecule has 0 saturated heterocycles. The molecule has 0 spiro atoms. The summed E-state index contributed by atoms with van der Waals surface area (Å²) < 4.78 is 2.18. The smallest absolute Gasteiger partial charge is 0.129 e. The Morgan fingerprint density at radius 1 is 1.10 bits per heavy atom. The van der Waals surface area contributed by atoms with Gasteiger partial charge in [-0.15, -0.1) is 0 Å². The number of nitrogens with one attached hydrogen (secondary N) is 1. The molecule has 108 valence electrons. The van der Waals surface area contributed by atoms with E-state index in [1.54, 1.807) is 0 Å². The fourth-order valence-electron chi connectivity index (χ4n) is 2.42. The molecule has 3 aromatic rings. The summed E-state index contributed by atoms with van der Waals surface area (Å²) >= 11 is 12.0. The second-order valence-electron chi connectivity index (χ2n) is 4.77. The molecule has 0 amide bonds. The van der Waals surface area contributed by atoms with Gasteiger partial charge >= 0.3 is 0 Å². The molecule has 3 nitrogen and oxygen atoms in total. The number of benzene rings is 2. The number of halogens is 2. The second kappa shape index (κ2) is 5.96. The van der Waals surface area contributed by atoms with Crippen molar-refractivity contribution in [3.05, 3.63) is 58.3 Å². The summed E-state index contributed by atoms with van der Waals surface area (Å²) in [6, 6.07) is 13.5. The third-order valence-electron chi connectivity index (χ3n) is 3.38. The molecule has 1 N–H and O–H groups in total. The predicted molar refractivity (Wildman–Crippen MR) is 89.2 cm³/mol. The van der Waals surface area contributed by atoms with Gasteiger partial charge in [0.1, 0.15) is 5.82 Å². The van der Waals surface area contributed by atoms with Crippen LogP contribution in [0.4, 0.5) is 5.69 Å². The van der Waals surface area contributed by atoms with E-state index >= 15 is 0 Å². The summed E-state index contributed by atoms with van der Waals surface area (Å²) in [4.78, 5) is 4.66. The van der Waals surface area contributed by atoms with Crippen LogP contribution in [0.1, 0.15) is 12.7 Å². The van der Waals surface area contributed by atoms with Crippen LogP contribution < -0.4 is 5.32 Å². The molecule has 21 heavy (non-hydrogen) atoms. The molecule has 0 aliphatic carbocycles. The Morgan fingerprint density at radius 3 is 2.67 bits per heavy atom. The molecule has 2 aromatic carbocycles. The molecule has 5 heteroatoms. The third kappa shape index (κ3) is 2.99. The van der Waals surface area contributed by atoms with E-state index in [4.69, 9.17) is 23.2 Å². The van der Waals surface area contributed by atoms with Gasteiger partial charge in [-0.1, -0.05) is 29.3 Å². The van der Waals surface area contributed by atoms with E-state index in [1.807, 2.05) is 42.5 Å². The van der Waals surface area contributed by atoms with Gasteiger partial charge in [0.2, 0.25) is 0 Å². The van der Waals surface area contributed by atoms with Crippen molar-refractivity contribution >= 4 is 39.9 Å². The Morgan fingerprint density at radius 2 is 1.90 bits per heavy atom. The molecular formula is C16H15Cl2N3. The quantitative estimate of drug-likeness (QED) is 0.735. The highest BCUT2D eigenvalue weighted by Gasteiger charge is 2.09. The van der Waals surface area contributed by atoms with Gasteiger partial charge in [-0.25, -0.2) is 4.98 Å². The molecule has 3 rings (SSSR count). The summed E-state index contributed by atoms with van der Waals surface area (Å²) in [6.45, 7) is 3.61. The average molecular weight is 320 g/mol. The van der Waals surface area contributed by atoms with Crippen molar-refractivity contribution in [1.29, 1.82) is 0 Å². The molecule has 0 aliphatic heterocycles. The maximum atomic E-state index is 6.03. The number of hydrogen-bond acceptors (Lipinski definition) is 2. The number of fused-ring (bicyclic) bond motifs is 1. The van der Waals surface area contributed by atoms with Crippen LogP contribution in [0.15, 0.2) is 42.5 Å². The van der Waals surface area contributed by atoms with Gasteiger partial charge < -0.3 is 9.88 Å². The Balaban J connectivity index is 1.89. The van der Waals surface area contributed by atoms with E-state index in [1.165, 1.54) is 0 Å². The largest absolute Gasteiger partial charge is 0.378 e. The summed E-state index contributed by atoms with van der Waals surface area (Å²) in [6.07, 6.45) is 0. The number of anilines is 1. The Bertz CT molecular complexity index is 780. The Labute approximate surface area is 133 Å². The number of aromatic nitrogens is 2. The molecule has 0 atom stereocenters. The molecule has 0 fully saturated rings. The minimum absolute atomic E-state index is 0.639. The summed E-state index contributed by atoms with van der Waals surface area (Å²) in [5, 5.41) is 4.78. The second-order valence-corrected chi connectivity index (χ2v) is 5.64. The number of nitrogens with zero attached hydrogens (tertiary/aromatic N) is 2. The number of aryl methyl sites for hydroxylation is 1. The molecule has 0 bridgehead atoms. The van der Waals surface area contributed by atoms with Gasteiger partial charge in [0, 0.05) is 22.3 Å². The molecular weight excluding hydrogens is 305 g/mol. The van der Waals surface area contributed by atoms with Crippen molar-refractivity contribution in [2.75, 3.05) is 5.32 Å². The van der Waals surface area contributed by atoms with Crippen molar-refractivity contribution in [3.8, 4) is 0 Å². The van der Waals surface area contributed by atoms with Crippen LogP contribution in [-0.2, 0) is 13.1 Å². The normalized spacial score (nSPS) is 11.0. The zero-order chi connectivity index (χ0) is 14.8. The first-order valence-electron chi connectivity index (χ1n) is 6.81. The highest BCUT2D eigenvalue weighted by molar-refractivity contribution is 6.31. The van der Waals surface area contributed by atoms with Crippen LogP contribution in [0.3, 0.4) is 0 Å². The van der Waals surface area contributed by atoms with Crippen LogP contribution in [-0.4, -0.2) is 9.55 Å². The fraction of sp³-hybridized carbons (Fsp3) is 0.188. The van der Waals surface area contributed by atoms with Crippen molar-refractivity contribution in [2.45, 2.75) is 20.0 Å². The van der Waals surface area contributed by atoms with E-state index in [-0.39, 0.29) is 0 Å². The van der Waals surface area contributed by atoms with Crippen LogP contribution in [0, 0.1) is 0 Å². The lowest BCUT2D eigenvalue weighted by atomic mass is 10.3. The highest BCUT2D eigenvalue weighted by atomic mass is 35.5. The lowest BCUT2D eigenvalue weighted by Gasteiger charge is -2.08. The van der Waals surface area contributed by atoms with Gasteiger partial charge in [-0.2, -0.15) is 0 Å². The Hall–Kier alpha value is -1.71. The first-order valence-corrected chi connectivity index (χ1v) is 7.57. The average Bonchev–Trinajstić information content (AvgIpc) is 2.81. The van der Waals surface area contributed by atoms with Gasteiger partial charge in [0.05, 0.1) is 17.6 Å². The monoisotopic (exact) mass is 319 g/mol. The molecule has 0 radical (unpaired) electrons. The first kappa shape index (κ1) is 14.2. The fourth-order valence-corrected chi connectivity index (χ4v) is 2.78. The van der Waals surface area contributed by atoms with Gasteiger partial charge in [-0.3, -0.25) is 0 Å². The zero-order valence-corrected chi connectivity index (χ0v) is 13.1. The Kier molecular flexibility index (Phi) is 4.04. The van der Waals surface area contributed by atoms with Crippen molar-refractivity contribution in [2.24, 2.45) is 0 Å². The van der Waals surface area contributed by atoms with E-state index in [0.29, 0.717) is 11.6 Å². The number of rotatable bonds is 4. The molecule has 0 aliphatic rings. The van der Waals surface area contributed by atoms with Crippen molar-refractivity contribution < 1.29 is 0 Å². The minimum atomic E-state index is 0.639. The van der Waals surface area contributed by atoms with Crippen LogP contribution in [0.5, 0.6) is 0 Å². The van der Waals surface area contributed by atoms with Gasteiger partial charge in [0.25, 0.3) is 0 Å². The maximum absolute atomic E-state index is 6.03. The topological polar surface area (TPSA) is 29.9 Å². The first-order chi connectivity index (χ1) is 10.2. The lowest BCUT2D eigenvalue weighted by Crippen LogP contribution is -2.07. The van der Waals surface area contributed by atoms with Crippen molar-refractivity contribution in [1.82, 2.24) is 9.55 Å². The summed E-state index contributed by atoms with van der Waals surface area (Å²) in [7, 11) is 0. The number of imidazole rings is 1. The van der Waals surface area contributed by atoms with Crippen LogP contribution in [0.25, 0.3) is 11.0 Å². The number of hydrogen-bond donors (Lipinski definition) is 1. The molecule has 0 saturated carbocycles. The minimum Gasteiger partial charge on any atom is -0.378 e. The SMILES string of the molecule is CCn1c(CNc2cccc(Cl)c2)nc2cc(Cl)ccc21. The van der Waals surface area contributed by atoms with Crippen LogP contribution in [0.2, 0.25) is 10.0 Å². The summed E-state index contributed by atoms with van der Waals surface area (Å²) in [5.74, 6) is 0.981. The molecule has 1 aromatic heterocycles.